The molecule has 1 spiro atoms. The minimum atomic E-state index is 0.313. The van der Waals surface area contributed by atoms with E-state index in [9.17, 15) is 0 Å². The number of aryl methyl sites for hydroxylation is 1. The van der Waals surface area contributed by atoms with E-state index >= 15 is 0 Å². The summed E-state index contributed by atoms with van der Waals surface area (Å²) in [6, 6.07) is 8.12. The summed E-state index contributed by atoms with van der Waals surface area (Å²) in [5.74, 6) is 1.90. The molecule has 0 bridgehead atoms. The molecule has 4 heterocycles. The van der Waals surface area contributed by atoms with Gasteiger partial charge in [0.2, 0.25) is 0 Å². The van der Waals surface area contributed by atoms with Gasteiger partial charge < -0.3 is 9.64 Å². The predicted molar refractivity (Wildman–Crippen MR) is 92.9 cm³/mol. The third kappa shape index (κ3) is 3.26. The van der Waals surface area contributed by atoms with Gasteiger partial charge in [-0.3, -0.25) is 4.98 Å². The van der Waals surface area contributed by atoms with Gasteiger partial charge in [-0.25, -0.2) is 9.97 Å². The Labute approximate surface area is 143 Å². The highest BCUT2D eigenvalue weighted by Crippen LogP contribution is 2.43. The summed E-state index contributed by atoms with van der Waals surface area (Å²) in [7, 11) is 0. The van der Waals surface area contributed by atoms with Crippen LogP contribution in [-0.2, 0) is 11.2 Å². The van der Waals surface area contributed by atoms with Gasteiger partial charge in [-0.15, -0.1) is 0 Å². The van der Waals surface area contributed by atoms with Crippen LogP contribution < -0.4 is 4.90 Å². The van der Waals surface area contributed by atoms with Crippen molar-refractivity contribution in [2.75, 3.05) is 24.6 Å². The zero-order valence-electron chi connectivity index (χ0n) is 14.2. The zero-order chi connectivity index (χ0) is 16.4. The molecule has 0 N–H and O–H groups in total. The summed E-state index contributed by atoms with van der Waals surface area (Å²) in [4.78, 5) is 15.6. The normalized spacial score (nSPS) is 22.9. The average molecular weight is 324 g/mol. The third-order valence-corrected chi connectivity index (χ3v) is 5.36. The summed E-state index contributed by atoms with van der Waals surface area (Å²) in [6.07, 6.45) is 8.46. The molecule has 1 atom stereocenters. The molecule has 0 radical (unpaired) electrons. The molecule has 126 valence electrons. The molecule has 5 heteroatoms. The van der Waals surface area contributed by atoms with E-state index in [4.69, 9.17) is 4.74 Å². The van der Waals surface area contributed by atoms with Crippen molar-refractivity contribution in [3.63, 3.8) is 0 Å². The van der Waals surface area contributed by atoms with Gasteiger partial charge in [-0.1, -0.05) is 6.07 Å². The summed E-state index contributed by atoms with van der Waals surface area (Å²) in [5, 5.41) is 0. The van der Waals surface area contributed by atoms with Gasteiger partial charge in [0.05, 0.1) is 12.7 Å². The Morgan fingerprint density at radius 3 is 2.79 bits per heavy atom. The maximum Gasteiger partial charge on any atom is 0.132 e. The molecule has 2 fully saturated rings. The quantitative estimate of drug-likeness (QED) is 0.869. The molecule has 24 heavy (non-hydrogen) atoms. The second-order valence-corrected chi connectivity index (χ2v) is 7.11. The lowest BCUT2D eigenvalue weighted by Crippen LogP contribution is -2.41. The smallest absolute Gasteiger partial charge is 0.132 e. The number of nitrogens with zero attached hydrogens (tertiary/aromatic N) is 4. The van der Waals surface area contributed by atoms with E-state index in [1.165, 1.54) is 12.8 Å². The zero-order valence-corrected chi connectivity index (χ0v) is 14.2. The van der Waals surface area contributed by atoms with E-state index in [1.807, 2.05) is 31.5 Å². The van der Waals surface area contributed by atoms with Crippen LogP contribution in [0.15, 0.2) is 36.7 Å². The van der Waals surface area contributed by atoms with Crippen molar-refractivity contribution in [2.45, 2.75) is 38.7 Å². The van der Waals surface area contributed by atoms with E-state index in [-0.39, 0.29) is 0 Å². The van der Waals surface area contributed by atoms with Crippen molar-refractivity contribution >= 4 is 5.82 Å². The van der Waals surface area contributed by atoms with Gasteiger partial charge >= 0.3 is 0 Å². The fourth-order valence-electron chi connectivity index (χ4n) is 3.96. The molecule has 5 nitrogen and oxygen atoms in total. The van der Waals surface area contributed by atoms with E-state index in [0.717, 1.165) is 49.9 Å². The molecule has 2 saturated heterocycles. The number of pyridine rings is 1. The standard InChI is InChI=1S/C19H24N4O/c1-15-20-9-5-18(22-15)23-10-6-19(7-11-23)13-17(24-14-19)12-16-4-2-3-8-21-16/h2-5,8-9,17H,6-7,10-14H2,1H3/t17-/m0/s1. The van der Waals surface area contributed by atoms with Gasteiger partial charge in [0.1, 0.15) is 11.6 Å². The molecule has 2 aliphatic heterocycles. The van der Waals surface area contributed by atoms with Crippen LogP contribution in [0.25, 0.3) is 0 Å². The number of aromatic nitrogens is 3. The molecule has 2 aromatic heterocycles. The predicted octanol–water partition coefficient (Wildman–Crippen LogP) is 2.80. The second-order valence-electron chi connectivity index (χ2n) is 7.11. The van der Waals surface area contributed by atoms with Crippen molar-refractivity contribution in [2.24, 2.45) is 5.41 Å². The van der Waals surface area contributed by atoms with Crippen LogP contribution in [0.1, 0.15) is 30.8 Å². The fraction of sp³-hybridized carbons (Fsp3) is 0.526. The number of hydrogen-bond acceptors (Lipinski definition) is 5. The summed E-state index contributed by atoms with van der Waals surface area (Å²) in [6.45, 7) is 4.94. The van der Waals surface area contributed by atoms with E-state index < -0.39 is 0 Å². The maximum atomic E-state index is 6.13. The summed E-state index contributed by atoms with van der Waals surface area (Å²) in [5.41, 5.74) is 1.48. The lowest BCUT2D eigenvalue weighted by Gasteiger charge is -2.39. The first-order valence-electron chi connectivity index (χ1n) is 8.79. The van der Waals surface area contributed by atoms with Crippen molar-refractivity contribution < 1.29 is 4.74 Å². The molecule has 0 saturated carbocycles. The van der Waals surface area contributed by atoms with Gasteiger partial charge in [-0.2, -0.15) is 0 Å². The fourth-order valence-corrected chi connectivity index (χ4v) is 3.96. The molecule has 0 aromatic carbocycles. The first kappa shape index (κ1) is 15.5. The number of rotatable bonds is 3. The Morgan fingerprint density at radius 1 is 1.17 bits per heavy atom. The van der Waals surface area contributed by atoms with Crippen molar-refractivity contribution in [3.05, 3.63) is 48.2 Å². The first-order chi connectivity index (χ1) is 11.7. The van der Waals surface area contributed by atoms with E-state index in [1.54, 1.807) is 0 Å². The monoisotopic (exact) mass is 324 g/mol. The van der Waals surface area contributed by atoms with Crippen molar-refractivity contribution in [3.8, 4) is 0 Å². The highest BCUT2D eigenvalue weighted by Gasteiger charge is 2.42. The molecular weight excluding hydrogens is 300 g/mol. The summed E-state index contributed by atoms with van der Waals surface area (Å²) < 4.78 is 6.13. The molecule has 0 aliphatic carbocycles. The second kappa shape index (κ2) is 6.48. The third-order valence-electron chi connectivity index (χ3n) is 5.36. The molecular formula is C19H24N4O. The van der Waals surface area contributed by atoms with Crippen LogP contribution >= 0.6 is 0 Å². The lowest BCUT2D eigenvalue weighted by molar-refractivity contribution is 0.0881. The Bertz CT molecular complexity index is 683. The highest BCUT2D eigenvalue weighted by atomic mass is 16.5. The molecule has 2 aliphatic rings. The molecule has 0 unspecified atom stereocenters. The van der Waals surface area contributed by atoms with Gasteiger partial charge in [0.15, 0.2) is 0 Å². The summed E-state index contributed by atoms with van der Waals surface area (Å²) >= 11 is 0. The van der Waals surface area contributed by atoms with Crippen LogP contribution in [0.2, 0.25) is 0 Å². The average Bonchev–Trinajstić information content (AvgIpc) is 2.99. The van der Waals surface area contributed by atoms with E-state index in [2.05, 4.69) is 32.0 Å². The number of piperidine rings is 1. The Kier molecular flexibility index (Phi) is 4.19. The topological polar surface area (TPSA) is 51.1 Å². The van der Waals surface area contributed by atoms with Crippen LogP contribution in [-0.4, -0.2) is 40.8 Å². The largest absolute Gasteiger partial charge is 0.377 e. The highest BCUT2D eigenvalue weighted by molar-refractivity contribution is 5.38. The van der Waals surface area contributed by atoms with Crippen LogP contribution in [0, 0.1) is 12.3 Å². The van der Waals surface area contributed by atoms with Crippen LogP contribution in [0.3, 0.4) is 0 Å². The molecule has 4 rings (SSSR count). The van der Waals surface area contributed by atoms with Crippen LogP contribution in [0.5, 0.6) is 0 Å². The van der Waals surface area contributed by atoms with Crippen molar-refractivity contribution in [1.29, 1.82) is 0 Å². The number of anilines is 1. The SMILES string of the molecule is Cc1nccc(N2CCC3(CC2)CO[C@@H](Cc2ccccn2)C3)n1. The molecule has 0 amide bonds. The van der Waals surface area contributed by atoms with Crippen molar-refractivity contribution in [1.82, 2.24) is 15.0 Å². The minimum Gasteiger partial charge on any atom is -0.377 e. The minimum absolute atomic E-state index is 0.313. The maximum absolute atomic E-state index is 6.13. The number of ether oxygens (including phenoxy) is 1. The Hall–Kier alpha value is -2.01. The Balaban J connectivity index is 1.35. The Morgan fingerprint density at radius 2 is 2.04 bits per heavy atom. The number of hydrogen-bond donors (Lipinski definition) is 0. The molecule has 2 aromatic rings. The lowest BCUT2D eigenvalue weighted by atomic mass is 9.76. The van der Waals surface area contributed by atoms with E-state index in [0.29, 0.717) is 11.5 Å². The van der Waals surface area contributed by atoms with Crippen LogP contribution in [0.4, 0.5) is 5.82 Å². The van der Waals surface area contributed by atoms with Gasteiger partial charge in [-0.05, 0) is 49.8 Å². The van der Waals surface area contributed by atoms with Gasteiger partial charge in [0.25, 0.3) is 0 Å². The first-order valence-corrected chi connectivity index (χ1v) is 8.79. The van der Waals surface area contributed by atoms with Gasteiger partial charge in [0, 0.05) is 37.6 Å².